The lowest BCUT2D eigenvalue weighted by Gasteiger charge is -2.31. The van der Waals surface area contributed by atoms with Gasteiger partial charge in [-0.1, -0.05) is 0 Å². The molecule has 1 aliphatic heterocycles. The monoisotopic (exact) mass is 305 g/mol. The van der Waals surface area contributed by atoms with Gasteiger partial charge in [-0.2, -0.15) is 11.8 Å². The van der Waals surface area contributed by atoms with E-state index in [1.54, 1.807) is 0 Å². The summed E-state index contributed by atoms with van der Waals surface area (Å²) in [4.78, 5) is 0. The Balaban J connectivity index is 1.63. The number of hydrogen-bond donors (Lipinski definition) is 2. The summed E-state index contributed by atoms with van der Waals surface area (Å²) in [7, 11) is 0. The van der Waals surface area contributed by atoms with Gasteiger partial charge in [0.2, 0.25) is 0 Å². The zero-order valence-electron chi connectivity index (χ0n) is 12.7. The standard InChI is InChI=1S/C17H23NO2S/c1-12-7-14-9-15(20-16(14)8-13(12)2)10-18-11-17(19)3-5-21-6-4-17/h7-9,18-19H,3-6,10-11H2,1-2H3. The van der Waals surface area contributed by atoms with Gasteiger partial charge in [0.15, 0.2) is 0 Å². The van der Waals surface area contributed by atoms with Crippen LogP contribution in [0, 0.1) is 13.8 Å². The summed E-state index contributed by atoms with van der Waals surface area (Å²) in [6, 6.07) is 6.36. The van der Waals surface area contributed by atoms with Crippen LogP contribution in [0.5, 0.6) is 0 Å². The molecule has 2 N–H and O–H groups in total. The molecule has 21 heavy (non-hydrogen) atoms. The molecule has 0 amide bonds. The minimum Gasteiger partial charge on any atom is -0.460 e. The van der Waals surface area contributed by atoms with Gasteiger partial charge in [0.1, 0.15) is 11.3 Å². The average Bonchev–Trinajstić information content (AvgIpc) is 2.81. The second kappa shape index (κ2) is 6.03. The maximum atomic E-state index is 10.5. The van der Waals surface area contributed by atoms with Crippen LogP contribution in [-0.2, 0) is 6.54 Å². The number of thioether (sulfide) groups is 1. The van der Waals surface area contributed by atoms with Crippen molar-refractivity contribution >= 4 is 22.7 Å². The molecule has 2 heterocycles. The molecule has 3 nitrogen and oxygen atoms in total. The number of rotatable bonds is 4. The van der Waals surface area contributed by atoms with Crippen molar-refractivity contribution in [3.63, 3.8) is 0 Å². The van der Waals surface area contributed by atoms with Crippen LogP contribution in [0.15, 0.2) is 22.6 Å². The summed E-state index contributed by atoms with van der Waals surface area (Å²) >= 11 is 1.93. The highest BCUT2D eigenvalue weighted by Crippen LogP contribution is 2.27. The molecular formula is C17H23NO2S. The highest BCUT2D eigenvalue weighted by Gasteiger charge is 2.28. The van der Waals surface area contributed by atoms with E-state index in [-0.39, 0.29) is 0 Å². The number of aryl methyl sites for hydroxylation is 2. The highest BCUT2D eigenvalue weighted by atomic mass is 32.2. The number of furan rings is 1. The predicted molar refractivity (Wildman–Crippen MR) is 88.9 cm³/mol. The first-order valence-electron chi connectivity index (χ1n) is 7.56. The Hall–Kier alpha value is -0.970. The van der Waals surface area contributed by atoms with E-state index in [0.717, 1.165) is 41.1 Å². The Morgan fingerprint density at radius 2 is 1.90 bits per heavy atom. The molecule has 1 aliphatic rings. The van der Waals surface area contributed by atoms with Gasteiger partial charge in [-0.3, -0.25) is 0 Å². The van der Waals surface area contributed by atoms with Gasteiger partial charge in [0.05, 0.1) is 12.1 Å². The van der Waals surface area contributed by atoms with E-state index in [4.69, 9.17) is 4.42 Å². The molecular weight excluding hydrogens is 282 g/mol. The van der Waals surface area contributed by atoms with Crippen molar-refractivity contribution in [2.24, 2.45) is 0 Å². The first-order valence-corrected chi connectivity index (χ1v) is 8.72. The van der Waals surface area contributed by atoms with E-state index < -0.39 is 5.60 Å². The van der Waals surface area contributed by atoms with Gasteiger partial charge < -0.3 is 14.8 Å². The lowest BCUT2D eigenvalue weighted by Crippen LogP contribution is -2.43. The average molecular weight is 305 g/mol. The second-order valence-electron chi connectivity index (χ2n) is 6.13. The van der Waals surface area contributed by atoms with Crippen LogP contribution in [0.25, 0.3) is 11.0 Å². The van der Waals surface area contributed by atoms with Gasteiger partial charge >= 0.3 is 0 Å². The van der Waals surface area contributed by atoms with Gasteiger partial charge in [0, 0.05) is 11.9 Å². The molecule has 0 radical (unpaired) electrons. The van der Waals surface area contributed by atoms with Crippen molar-refractivity contribution in [1.82, 2.24) is 5.32 Å². The van der Waals surface area contributed by atoms with Crippen LogP contribution in [0.1, 0.15) is 29.7 Å². The summed E-state index contributed by atoms with van der Waals surface area (Å²) in [5.41, 5.74) is 2.95. The van der Waals surface area contributed by atoms with E-state index in [0.29, 0.717) is 13.1 Å². The van der Waals surface area contributed by atoms with Crippen molar-refractivity contribution in [3.05, 3.63) is 35.1 Å². The summed E-state index contributed by atoms with van der Waals surface area (Å²) in [5, 5.41) is 15.0. The van der Waals surface area contributed by atoms with E-state index in [2.05, 4.69) is 37.4 Å². The van der Waals surface area contributed by atoms with Gasteiger partial charge in [-0.25, -0.2) is 0 Å². The quantitative estimate of drug-likeness (QED) is 0.909. The van der Waals surface area contributed by atoms with E-state index in [9.17, 15) is 5.11 Å². The lowest BCUT2D eigenvalue weighted by molar-refractivity contribution is 0.0317. The van der Waals surface area contributed by atoms with Crippen LogP contribution in [0.4, 0.5) is 0 Å². The molecule has 0 atom stereocenters. The lowest BCUT2D eigenvalue weighted by atomic mass is 9.97. The third-order valence-corrected chi connectivity index (χ3v) is 5.35. The van der Waals surface area contributed by atoms with Gasteiger partial charge in [-0.15, -0.1) is 0 Å². The summed E-state index contributed by atoms with van der Waals surface area (Å²) < 4.78 is 5.88. The zero-order chi connectivity index (χ0) is 14.9. The summed E-state index contributed by atoms with van der Waals surface area (Å²) in [6.07, 6.45) is 1.76. The summed E-state index contributed by atoms with van der Waals surface area (Å²) in [6.45, 7) is 5.53. The topological polar surface area (TPSA) is 45.4 Å². The molecule has 2 aromatic rings. The fraction of sp³-hybridized carbons (Fsp3) is 0.529. The Bertz CT molecular complexity index is 590. The number of aliphatic hydroxyl groups is 1. The van der Waals surface area contributed by atoms with Crippen molar-refractivity contribution < 1.29 is 9.52 Å². The molecule has 3 rings (SSSR count). The van der Waals surface area contributed by atoms with Crippen LogP contribution in [0.3, 0.4) is 0 Å². The third-order valence-electron chi connectivity index (χ3n) is 4.36. The highest BCUT2D eigenvalue weighted by molar-refractivity contribution is 7.99. The first kappa shape index (κ1) is 14.9. The van der Waals surface area contributed by atoms with Crippen molar-refractivity contribution in [2.45, 2.75) is 38.8 Å². The number of benzene rings is 1. The Labute approximate surface area is 130 Å². The van der Waals surface area contributed by atoms with E-state index >= 15 is 0 Å². The molecule has 1 fully saturated rings. The molecule has 0 spiro atoms. The smallest absolute Gasteiger partial charge is 0.134 e. The first-order chi connectivity index (χ1) is 10.1. The summed E-state index contributed by atoms with van der Waals surface area (Å²) in [5.74, 6) is 3.05. The van der Waals surface area contributed by atoms with Crippen LogP contribution in [0.2, 0.25) is 0 Å². The van der Waals surface area contributed by atoms with Crippen LogP contribution < -0.4 is 5.32 Å². The fourth-order valence-electron chi connectivity index (χ4n) is 2.79. The Kier molecular flexibility index (Phi) is 4.29. The molecule has 0 saturated carbocycles. The fourth-order valence-corrected chi connectivity index (χ4v) is 4.04. The minimum atomic E-state index is -0.537. The van der Waals surface area contributed by atoms with Crippen molar-refractivity contribution in [3.8, 4) is 0 Å². The maximum absolute atomic E-state index is 10.5. The molecule has 0 aliphatic carbocycles. The van der Waals surface area contributed by atoms with Crippen LogP contribution >= 0.6 is 11.8 Å². The van der Waals surface area contributed by atoms with Gasteiger partial charge in [0.25, 0.3) is 0 Å². The number of fused-ring (bicyclic) bond motifs is 1. The SMILES string of the molecule is Cc1cc2cc(CNCC3(O)CCSCC3)oc2cc1C. The van der Waals surface area contributed by atoms with Crippen molar-refractivity contribution in [1.29, 1.82) is 0 Å². The molecule has 114 valence electrons. The largest absolute Gasteiger partial charge is 0.460 e. The molecule has 0 bridgehead atoms. The molecule has 4 heteroatoms. The van der Waals surface area contributed by atoms with Crippen LogP contribution in [-0.4, -0.2) is 28.8 Å². The molecule has 1 aromatic heterocycles. The predicted octanol–water partition coefficient (Wildman–Crippen LogP) is 3.40. The normalized spacial score (nSPS) is 18.2. The number of nitrogens with one attached hydrogen (secondary N) is 1. The second-order valence-corrected chi connectivity index (χ2v) is 7.35. The molecule has 1 aromatic carbocycles. The van der Waals surface area contributed by atoms with Gasteiger partial charge in [-0.05, 0) is 67.5 Å². The Morgan fingerprint density at radius 3 is 2.67 bits per heavy atom. The maximum Gasteiger partial charge on any atom is 0.134 e. The van der Waals surface area contributed by atoms with Crippen molar-refractivity contribution in [2.75, 3.05) is 18.1 Å². The molecule has 0 unspecified atom stereocenters. The Morgan fingerprint density at radius 1 is 1.19 bits per heavy atom. The third kappa shape index (κ3) is 3.44. The zero-order valence-corrected chi connectivity index (χ0v) is 13.6. The van der Waals surface area contributed by atoms with E-state index in [1.807, 2.05) is 11.8 Å². The van der Waals surface area contributed by atoms with E-state index in [1.165, 1.54) is 11.1 Å². The number of hydrogen-bond acceptors (Lipinski definition) is 4. The molecule has 1 saturated heterocycles. The minimum absolute atomic E-state index is 0.537.